The summed E-state index contributed by atoms with van der Waals surface area (Å²) >= 11 is 0. The number of hydrogen-bond acceptors (Lipinski definition) is 5. The van der Waals surface area contributed by atoms with Crippen molar-refractivity contribution in [1.29, 1.82) is 0 Å². The molecule has 3 rings (SSSR count). The third kappa shape index (κ3) is 3.58. The van der Waals surface area contributed by atoms with E-state index in [0.29, 0.717) is 30.7 Å². The average molecular weight is 371 g/mol. The molecular weight excluding hydrogens is 355 g/mol. The minimum Gasteiger partial charge on any atom is -0.453 e. The third-order valence-corrected chi connectivity index (χ3v) is 4.42. The lowest BCUT2D eigenvalue weighted by molar-refractivity contribution is -0.141. The van der Waals surface area contributed by atoms with Gasteiger partial charge in [0, 0.05) is 24.7 Å². The van der Waals surface area contributed by atoms with Gasteiger partial charge in [0.2, 0.25) is 0 Å². The molecule has 0 unspecified atom stereocenters. The third-order valence-electron chi connectivity index (χ3n) is 4.42. The number of aromatic amines is 1. The SMILES string of the molecule is COC(=O)N1CC[C@H](c2cc(=O)[nH]o2)C[C@H]1c1ccc(C(F)(F)F)nc1. The number of nitrogens with zero attached hydrogens (tertiary/aromatic N) is 2. The monoisotopic (exact) mass is 371 g/mol. The fourth-order valence-corrected chi connectivity index (χ4v) is 3.14. The number of halogens is 3. The van der Waals surface area contributed by atoms with Crippen molar-refractivity contribution in [2.45, 2.75) is 31.0 Å². The maximum Gasteiger partial charge on any atom is 0.433 e. The molecule has 0 spiro atoms. The van der Waals surface area contributed by atoms with Gasteiger partial charge in [-0.1, -0.05) is 6.07 Å². The summed E-state index contributed by atoms with van der Waals surface area (Å²) in [6.45, 7) is 0.303. The van der Waals surface area contributed by atoms with E-state index in [-0.39, 0.29) is 11.5 Å². The maximum absolute atomic E-state index is 12.7. The number of rotatable bonds is 2. The number of carbonyl (C=O) groups excluding carboxylic acids is 1. The molecule has 2 aromatic rings. The number of amides is 1. The Morgan fingerprint density at radius 3 is 2.73 bits per heavy atom. The van der Waals surface area contributed by atoms with Gasteiger partial charge in [0.15, 0.2) is 0 Å². The van der Waals surface area contributed by atoms with Gasteiger partial charge in [0.05, 0.1) is 13.2 Å². The lowest BCUT2D eigenvalue weighted by Gasteiger charge is -2.37. The number of ether oxygens (including phenoxy) is 1. The van der Waals surface area contributed by atoms with Crippen molar-refractivity contribution in [3.05, 3.63) is 51.8 Å². The summed E-state index contributed by atoms with van der Waals surface area (Å²) in [7, 11) is 1.24. The first-order valence-electron chi connectivity index (χ1n) is 7.85. The molecule has 2 atom stereocenters. The quantitative estimate of drug-likeness (QED) is 0.877. The van der Waals surface area contributed by atoms with Crippen LogP contribution in [0.5, 0.6) is 0 Å². The van der Waals surface area contributed by atoms with Crippen LogP contribution in [-0.2, 0) is 10.9 Å². The van der Waals surface area contributed by atoms with Gasteiger partial charge in [-0.15, -0.1) is 0 Å². The Bertz CT molecular complexity index is 828. The molecule has 1 saturated heterocycles. The highest BCUT2D eigenvalue weighted by Gasteiger charge is 2.37. The number of H-pyrrole nitrogens is 1. The molecule has 0 aromatic carbocycles. The van der Waals surface area contributed by atoms with Crippen LogP contribution in [0.25, 0.3) is 0 Å². The van der Waals surface area contributed by atoms with E-state index in [0.717, 1.165) is 12.3 Å². The first-order valence-corrected chi connectivity index (χ1v) is 7.85. The molecule has 10 heteroatoms. The number of hydrogen-bond donors (Lipinski definition) is 1. The second-order valence-electron chi connectivity index (χ2n) is 5.99. The van der Waals surface area contributed by atoms with Crippen LogP contribution in [0.3, 0.4) is 0 Å². The van der Waals surface area contributed by atoms with Gasteiger partial charge in [0.25, 0.3) is 5.56 Å². The summed E-state index contributed by atoms with van der Waals surface area (Å²) in [5.41, 5.74) is -0.927. The Kier molecular flexibility index (Phi) is 4.75. The standard InChI is InChI=1S/C16H16F3N3O4/c1-25-15(24)22-5-4-9(12-7-14(23)21-26-12)6-11(22)10-2-3-13(20-8-10)16(17,18)19/h2-3,7-9,11H,4-6H2,1H3,(H,21,23)/t9-,11-/m0/s1. The van der Waals surface area contributed by atoms with E-state index in [1.807, 2.05) is 0 Å². The zero-order chi connectivity index (χ0) is 18.9. The fraction of sp³-hybridized carbons (Fsp3) is 0.438. The van der Waals surface area contributed by atoms with Gasteiger partial charge in [0.1, 0.15) is 11.5 Å². The largest absolute Gasteiger partial charge is 0.453 e. The summed E-state index contributed by atoms with van der Waals surface area (Å²) in [5, 5.41) is 2.22. The van der Waals surface area contributed by atoms with Crippen LogP contribution < -0.4 is 5.56 Å². The Balaban J connectivity index is 1.89. The number of carbonyl (C=O) groups is 1. The van der Waals surface area contributed by atoms with Crippen molar-refractivity contribution in [3.63, 3.8) is 0 Å². The van der Waals surface area contributed by atoms with Gasteiger partial charge >= 0.3 is 12.3 Å². The molecular formula is C16H16F3N3O4. The first kappa shape index (κ1) is 18.0. The molecule has 0 bridgehead atoms. The van der Waals surface area contributed by atoms with E-state index in [4.69, 9.17) is 9.26 Å². The van der Waals surface area contributed by atoms with Crippen LogP contribution in [0.15, 0.2) is 33.7 Å². The van der Waals surface area contributed by atoms with Gasteiger partial charge in [-0.05, 0) is 24.5 Å². The lowest BCUT2D eigenvalue weighted by atomic mass is 9.86. The summed E-state index contributed by atoms with van der Waals surface area (Å²) in [4.78, 5) is 28.2. The second kappa shape index (κ2) is 6.85. The van der Waals surface area contributed by atoms with Crippen molar-refractivity contribution in [2.24, 2.45) is 0 Å². The smallest absolute Gasteiger partial charge is 0.433 e. The molecule has 1 N–H and O–H groups in total. The number of nitrogens with one attached hydrogen (secondary N) is 1. The molecule has 3 heterocycles. The number of alkyl halides is 3. The summed E-state index contributed by atoms with van der Waals surface area (Å²) in [5.74, 6) is 0.284. The van der Waals surface area contributed by atoms with E-state index in [1.165, 1.54) is 24.1 Å². The zero-order valence-corrected chi connectivity index (χ0v) is 13.7. The topological polar surface area (TPSA) is 88.4 Å². The summed E-state index contributed by atoms with van der Waals surface area (Å²) < 4.78 is 48.1. The number of likely N-dealkylation sites (tertiary alicyclic amines) is 1. The second-order valence-corrected chi connectivity index (χ2v) is 5.99. The Morgan fingerprint density at radius 1 is 1.42 bits per heavy atom. The number of pyridine rings is 1. The van der Waals surface area contributed by atoms with Crippen molar-refractivity contribution >= 4 is 6.09 Å². The van der Waals surface area contributed by atoms with Crippen molar-refractivity contribution < 1.29 is 27.2 Å². The number of methoxy groups -OCH3 is 1. The van der Waals surface area contributed by atoms with Crippen LogP contribution in [0.1, 0.15) is 41.8 Å². The normalized spacial score (nSPS) is 20.8. The van der Waals surface area contributed by atoms with E-state index in [1.54, 1.807) is 0 Å². The molecule has 1 amide bonds. The molecule has 0 radical (unpaired) electrons. The summed E-state index contributed by atoms with van der Waals surface area (Å²) in [6, 6.07) is 2.97. The van der Waals surface area contributed by atoms with Crippen LogP contribution in [-0.4, -0.2) is 34.8 Å². The molecule has 1 fully saturated rings. The van der Waals surface area contributed by atoms with Crippen molar-refractivity contribution in [2.75, 3.05) is 13.7 Å². The summed E-state index contributed by atoms with van der Waals surface area (Å²) in [6.07, 6.45) is -3.11. The van der Waals surface area contributed by atoms with Crippen LogP contribution in [0.2, 0.25) is 0 Å². The minimum absolute atomic E-state index is 0.165. The Morgan fingerprint density at radius 2 is 2.19 bits per heavy atom. The lowest BCUT2D eigenvalue weighted by Crippen LogP contribution is -2.40. The maximum atomic E-state index is 12.7. The van der Waals surface area contributed by atoms with E-state index in [9.17, 15) is 22.8 Å². The molecule has 2 aromatic heterocycles. The van der Waals surface area contributed by atoms with E-state index < -0.39 is 24.0 Å². The molecule has 140 valence electrons. The van der Waals surface area contributed by atoms with E-state index in [2.05, 4.69) is 10.1 Å². The van der Waals surface area contributed by atoms with E-state index >= 15 is 0 Å². The Labute approximate surface area is 145 Å². The van der Waals surface area contributed by atoms with Gasteiger partial charge in [-0.25, -0.2) is 4.79 Å². The highest BCUT2D eigenvalue weighted by atomic mass is 19.4. The zero-order valence-electron chi connectivity index (χ0n) is 13.7. The highest BCUT2D eigenvalue weighted by Crippen LogP contribution is 2.39. The first-order chi connectivity index (χ1) is 12.3. The van der Waals surface area contributed by atoms with Gasteiger partial charge < -0.3 is 14.2 Å². The molecule has 1 aliphatic rings. The Hall–Kier alpha value is -2.78. The molecule has 0 aliphatic carbocycles. The molecule has 7 nitrogen and oxygen atoms in total. The van der Waals surface area contributed by atoms with Crippen molar-refractivity contribution in [3.8, 4) is 0 Å². The highest BCUT2D eigenvalue weighted by molar-refractivity contribution is 5.68. The van der Waals surface area contributed by atoms with Gasteiger partial charge in [-0.2, -0.15) is 18.3 Å². The fourth-order valence-electron chi connectivity index (χ4n) is 3.14. The minimum atomic E-state index is -4.54. The molecule has 1 aliphatic heterocycles. The predicted molar refractivity (Wildman–Crippen MR) is 82.4 cm³/mol. The molecule has 0 saturated carbocycles. The van der Waals surface area contributed by atoms with Crippen molar-refractivity contribution in [1.82, 2.24) is 15.0 Å². The average Bonchev–Trinajstić information content (AvgIpc) is 3.06. The van der Waals surface area contributed by atoms with Crippen LogP contribution >= 0.6 is 0 Å². The number of piperidine rings is 1. The molecule has 26 heavy (non-hydrogen) atoms. The van der Waals surface area contributed by atoms with Crippen LogP contribution in [0, 0.1) is 0 Å². The van der Waals surface area contributed by atoms with Gasteiger partial charge in [-0.3, -0.25) is 9.78 Å². The van der Waals surface area contributed by atoms with Crippen LogP contribution in [0.4, 0.5) is 18.0 Å². The predicted octanol–water partition coefficient (Wildman–Crippen LogP) is 3.07. The number of aromatic nitrogens is 2.